The number of nitrogens with one attached hydrogen (secondary N) is 1. The predicted octanol–water partition coefficient (Wildman–Crippen LogP) is 12.3. The van der Waals surface area contributed by atoms with Crippen LogP contribution in [0.3, 0.4) is 0 Å². The van der Waals surface area contributed by atoms with Gasteiger partial charge in [-0.2, -0.15) is 0 Å². The third-order valence-corrected chi connectivity index (χ3v) is 14.2. The molecule has 0 bridgehead atoms. The van der Waals surface area contributed by atoms with E-state index < -0.39 is 1.89 Å². The summed E-state index contributed by atoms with van der Waals surface area (Å²) < 4.78 is -1.83. The summed E-state index contributed by atoms with van der Waals surface area (Å²) in [4.78, 5) is 0. The standard InChI is InChI=1S/C41H32I2NP/c1-45(2,42,43)34-23-19-30(20-24-34)28-13-11-27(12-14-28)29-15-17-33(18-16-29)39-37-25-21-31-7-3-5-9-35(31)40(37)44-41-36-10-6-4-8-32(36)22-26-38(39)41/h3-26,40,44H,1-2H3. The van der Waals surface area contributed by atoms with Crippen molar-refractivity contribution < 1.29 is 0 Å². The van der Waals surface area contributed by atoms with E-state index in [0.717, 1.165) is 0 Å². The molecule has 0 saturated heterocycles. The van der Waals surface area contributed by atoms with Gasteiger partial charge in [-0.3, -0.25) is 0 Å². The van der Waals surface area contributed by atoms with Gasteiger partial charge in [-0.1, -0.05) is 72.8 Å². The van der Waals surface area contributed by atoms with Crippen molar-refractivity contribution in [2.45, 2.75) is 6.04 Å². The summed E-state index contributed by atoms with van der Waals surface area (Å²) in [5.74, 6) is 0. The van der Waals surface area contributed by atoms with E-state index in [1.54, 1.807) is 0 Å². The van der Waals surface area contributed by atoms with Crippen LogP contribution < -0.4 is 10.6 Å². The molecule has 0 aromatic heterocycles. The number of hydrogen-bond acceptors (Lipinski definition) is 1. The Kier molecular flexibility index (Phi) is 7.09. The van der Waals surface area contributed by atoms with Gasteiger partial charge in [0.15, 0.2) is 0 Å². The molecule has 2 aliphatic rings. The first-order valence-corrected chi connectivity index (χ1v) is 24.0. The van der Waals surface area contributed by atoms with E-state index in [-0.39, 0.29) is 6.04 Å². The predicted molar refractivity (Wildman–Crippen MR) is 216 cm³/mol. The second kappa shape index (κ2) is 10.9. The maximum absolute atomic E-state index is 3.96. The Bertz CT molecular complexity index is 2160. The Morgan fingerprint density at radius 1 is 0.556 bits per heavy atom. The Morgan fingerprint density at radius 3 is 1.76 bits per heavy atom. The van der Waals surface area contributed by atoms with Gasteiger partial charge in [-0.05, 0) is 27.7 Å². The quantitative estimate of drug-likeness (QED) is 0.138. The van der Waals surface area contributed by atoms with Crippen molar-refractivity contribution in [1.82, 2.24) is 0 Å². The Labute approximate surface area is 291 Å². The fourth-order valence-corrected chi connectivity index (χ4v) is 9.66. The van der Waals surface area contributed by atoms with Crippen LogP contribution in [-0.2, 0) is 0 Å². The number of anilines is 1. The molecule has 1 atom stereocenters. The monoisotopic (exact) mass is 823 g/mol. The third kappa shape index (κ3) is 5.37. The summed E-state index contributed by atoms with van der Waals surface area (Å²) in [6, 6.07) is 49.4. The van der Waals surface area contributed by atoms with Crippen LogP contribution in [0.5, 0.6) is 0 Å². The Balaban J connectivity index is 1.16. The van der Waals surface area contributed by atoms with E-state index in [0.29, 0.717) is 0 Å². The van der Waals surface area contributed by atoms with Crippen LogP contribution in [0.25, 0.3) is 44.7 Å². The minimum absolute atomic E-state index is 0.105. The average molecular weight is 823 g/mol. The molecule has 0 fully saturated rings. The summed E-state index contributed by atoms with van der Waals surface area (Å²) >= 11 is 5.30. The van der Waals surface area contributed by atoms with E-state index in [2.05, 4.69) is 208 Å². The van der Waals surface area contributed by atoms with Crippen LogP contribution in [0.1, 0.15) is 28.3 Å². The van der Waals surface area contributed by atoms with E-state index in [4.69, 9.17) is 0 Å². The van der Waals surface area contributed by atoms with Crippen molar-refractivity contribution in [3.8, 4) is 22.3 Å². The van der Waals surface area contributed by atoms with Gasteiger partial charge in [0.05, 0.1) is 11.7 Å². The summed E-state index contributed by atoms with van der Waals surface area (Å²) in [5, 5.41) is 7.92. The Morgan fingerprint density at radius 2 is 1.11 bits per heavy atom. The molecule has 6 aromatic rings. The topological polar surface area (TPSA) is 12.0 Å². The van der Waals surface area contributed by atoms with Crippen molar-refractivity contribution in [3.05, 3.63) is 167 Å². The van der Waals surface area contributed by atoms with Crippen molar-refractivity contribution in [2.24, 2.45) is 0 Å². The molecular formula is C41H32I2NP. The summed E-state index contributed by atoms with van der Waals surface area (Å²) in [7, 11) is 0. The molecule has 8 rings (SSSR count). The zero-order valence-electron chi connectivity index (χ0n) is 25.1. The minimum atomic E-state index is -1.83. The molecule has 0 saturated carbocycles. The van der Waals surface area contributed by atoms with E-state index in [9.17, 15) is 0 Å². The Hall–Kier alpha value is -3.25. The SMILES string of the molecule is CP(C)(I)(I)c1ccc(-c2ccc(-c3ccc(C4=C5C=Cc6ccccc6C5Nc5c4ccc4ccccc54)cc3)cc2)cc1. The first-order chi connectivity index (χ1) is 21.7. The van der Waals surface area contributed by atoms with Gasteiger partial charge in [0, 0.05) is 10.9 Å². The second-order valence-electron chi connectivity index (χ2n) is 12.6. The van der Waals surface area contributed by atoms with Crippen LogP contribution >= 0.6 is 46.0 Å². The molecule has 0 radical (unpaired) electrons. The number of fused-ring (bicyclic) bond motifs is 6. The van der Waals surface area contributed by atoms with Crippen LogP contribution in [0, 0.1) is 0 Å². The van der Waals surface area contributed by atoms with E-state index in [1.165, 1.54) is 77.4 Å². The molecule has 4 heteroatoms. The first kappa shape index (κ1) is 29.2. The number of benzene rings is 6. The number of halogens is 2. The third-order valence-electron chi connectivity index (χ3n) is 9.14. The van der Waals surface area contributed by atoms with Crippen molar-refractivity contribution in [3.63, 3.8) is 0 Å². The molecule has 0 spiro atoms. The average Bonchev–Trinajstić information content (AvgIpc) is 3.07. The summed E-state index contributed by atoms with van der Waals surface area (Å²) in [5.41, 5.74) is 13.9. The molecule has 1 aliphatic carbocycles. The maximum atomic E-state index is 3.96. The van der Waals surface area contributed by atoms with Crippen molar-refractivity contribution >= 4 is 79.4 Å². The van der Waals surface area contributed by atoms with Crippen LogP contribution in [0.2, 0.25) is 0 Å². The molecule has 1 aliphatic heterocycles. The van der Waals surface area contributed by atoms with Gasteiger partial charge in [-0.25, -0.2) is 0 Å². The molecule has 0 amide bonds. The van der Waals surface area contributed by atoms with Gasteiger partial charge >= 0.3 is 165 Å². The van der Waals surface area contributed by atoms with Crippen LogP contribution in [0.4, 0.5) is 5.69 Å². The van der Waals surface area contributed by atoms with Gasteiger partial charge in [0.25, 0.3) is 0 Å². The second-order valence-corrected chi connectivity index (χ2v) is 39.6. The molecule has 1 N–H and O–H groups in total. The molecule has 220 valence electrons. The zero-order valence-corrected chi connectivity index (χ0v) is 30.3. The number of hydrogen-bond donors (Lipinski definition) is 1. The molecule has 6 aromatic carbocycles. The van der Waals surface area contributed by atoms with Crippen LogP contribution in [0.15, 0.2) is 145 Å². The van der Waals surface area contributed by atoms with Gasteiger partial charge in [0.1, 0.15) is 0 Å². The first-order valence-electron chi connectivity index (χ1n) is 15.3. The van der Waals surface area contributed by atoms with Crippen molar-refractivity contribution in [2.75, 3.05) is 18.6 Å². The van der Waals surface area contributed by atoms with Gasteiger partial charge in [0.2, 0.25) is 0 Å². The zero-order chi connectivity index (χ0) is 30.8. The van der Waals surface area contributed by atoms with Gasteiger partial charge < -0.3 is 5.32 Å². The molecule has 45 heavy (non-hydrogen) atoms. The van der Waals surface area contributed by atoms with Crippen molar-refractivity contribution in [1.29, 1.82) is 0 Å². The summed E-state index contributed by atoms with van der Waals surface area (Å²) in [6.07, 6.45) is 4.58. The van der Waals surface area contributed by atoms with E-state index >= 15 is 0 Å². The molecular weight excluding hydrogens is 791 g/mol. The van der Waals surface area contributed by atoms with Crippen LogP contribution in [-0.4, -0.2) is 13.3 Å². The fourth-order valence-electron chi connectivity index (χ4n) is 6.76. The van der Waals surface area contributed by atoms with Gasteiger partial charge in [-0.15, -0.1) is 0 Å². The number of rotatable bonds is 4. The summed E-state index contributed by atoms with van der Waals surface area (Å²) in [6.45, 7) is 4.77. The molecule has 1 nitrogen and oxygen atoms in total. The normalized spacial score (nSPS) is 16.3. The fraction of sp³-hybridized carbons (Fsp3) is 0.0732. The molecule has 1 heterocycles. The van der Waals surface area contributed by atoms with E-state index in [1.807, 2.05) is 0 Å². The molecule has 1 unspecified atom stereocenters.